The van der Waals surface area contributed by atoms with Crippen LogP contribution in [0.4, 0.5) is 0 Å². The normalized spacial score (nSPS) is 12.3. The maximum Gasteiger partial charge on any atom is 0.120 e. The van der Waals surface area contributed by atoms with Crippen molar-refractivity contribution in [1.29, 1.82) is 0 Å². The maximum atomic E-state index is 9.76. The molecule has 2 N–H and O–H groups in total. The molecule has 0 saturated carbocycles. The highest BCUT2D eigenvalue weighted by atomic mass is 35.5. The summed E-state index contributed by atoms with van der Waals surface area (Å²) in [6.45, 7) is 2.68. The average molecular weight is 310 g/mol. The van der Waals surface area contributed by atoms with E-state index < -0.39 is 0 Å². The van der Waals surface area contributed by atoms with Gasteiger partial charge < -0.3 is 10.4 Å². The van der Waals surface area contributed by atoms with Crippen LogP contribution in [0.15, 0.2) is 42.5 Å². The molecule has 0 aliphatic rings. The largest absolute Gasteiger partial charge is 0.508 e. The molecule has 0 fully saturated rings. The van der Waals surface area contributed by atoms with Crippen molar-refractivity contribution in [2.24, 2.45) is 0 Å². The quantitative estimate of drug-likeness (QED) is 0.857. The fourth-order valence-corrected chi connectivity index (χ4v) is 2.48. The SMILES string of the molecule is CC(Cc1cccc(Cl)c1)NCc1cc(Cl)ccc1O. The first-order chi connectivity index (χ1) is 9.54. The van der Waals surface area contributed by atoms with Crippen LogP contribution in [0.1, 0.15) is 18.1 Å². The second-order valence-electron chi connectivity index (χ2n) is 4.89. The topological polar surface area (TPSA) is 32.3 Å². The van der Waals surface area contributed by atoms with Gasteiger partial charge in [0, 0.05) is 28.2 Å². The number of aromatic hydroxyl groups is 1. The van der Waals surface area contributed by atoms with Gasteiger partial charge in [0.2, 0.25) is 0 Å². The first-order valence-corrected chi connectivity index (χ1v) is 7.25. The maximum absolute atomic E-state index is 9.76. The highest BCUT2D eigenvalue weighted by Gasteiger charge is 2.06. The van der Waals surface area contributed by atoms with Crippen LogP contribution < -0.4 is 5.32 Å². The zero-order valence-electron chi connectivity index (χ0n) is 11.2. The minimum Gasteiger partial charge on any atom is -0.508 e. The van der Waals surface area contributed by atoms with Gasteiger partial charge in [-0.05, 0) is 49.2 Å². The van der Waals surface area contributed by atoms with Crippen LogP contribution in [0.25, 0.3) is 0 Å². The van der Waals surface area contributed by atoms with Crippen LogP contribution >= 0.6 is 23.2 Å². The predicted octanol–water partition coefficient (Wildman–Crippen LogP) is 4.42. The number of phenols is 1. The fraction of sp³-hybridized carbons (Fsp3) is 0.250. The fourth-order valence-electron chi connectivity index (χ4n) is 2.07. The number of hydrogen-bond acceptors (Lipinski definition) is 2. The molecule has 0 saturated heterocycles. The number of benzene rings is 2. The third-order valence-corrected chi connectivity index (χ3v) is 3.58. The van der Waals surface area contributed by atoms with Crippen molar-refractivity contribution in [2.75, 3.05) is 0 Å². The standard InChI is InChI=1S/C16H17Cl2NO/c1-11(7-12-3-2-4-14(17)8-12)19-10-13-9-15(18)5-6-16(13)20/h2-6,8-9,11,19-20H,7,10H2,1H3. The lowest BCUT2D eigenvalue weighted by atomic mass is 10.1. The van der Waals surface area contributed by atoms with E-state index in [1.54, 1.807) is 18.2 Å². The van der Waals surface area contributed by atoms with E-state index in [0.29, 0.717) is 11.6 Å². The molecule has 1 atom stereocenters. The Labute approximate surface area is 129 Å². The van der Waals surface area contributed by atoms with Crippen LogP contribution in [-0.2, 0) is 13.0 Å². The molecule has 0 aromatic heterocycles. The van der Waals surface area contributed by atoms with E-state index >= 15 is 0 Å². The minimum atomic E-state index is 0.261. The summed E-state index contributed by atoms with van der Waals surface area (Å²) in [5.74, 6) is 0.261. The molecule has 0 aliphatic carbocycles. The molecule has 4 heteroatoms. The summed E-state index contributed by atoms with van der Waals surface area (Å²) in [7, 11) is 0. The van der Waals surface area contributed by atoms with Gasteiger partial charge in [0.25, 0.3) is 0 Å². The summed E-state index contributed by atoms with van der Waals surface area (Å²) in [6, 6.07) is 13.2. The van der Waals surface area contributed by atoms with Crippen molar-refractivity contribution < 1.29 is 5.11 Å². The second-order valence-corrected chi connectivity index (χ2v) is 5.76. The molecule has 0 heterocycles. The minimum absolute atomic E-state index is 0.261. The van der Waals surface area contributed by atoms with E-state index in [9.17, 15) is 5.11 Å². The third-order valence-electron chi connectivity index (χ3n) is 3.11. The summed E-state index contributed by atoms with van der Waals surface area (Å²) in [4.78, 5) is 0. The first-order valence-electron chi connectivity index (χ1n) is 6.50. The van der Waals surface area contributed by atoms with Crippen molar-refractivity contribution in [1.82, 2.24) is 5.32 Å². The smallest absolute Gasteiger partial charge is 0.120 e. The predicted molar refractivity (Wildman–Crippen MR) is 84.6 cm³/mol. The summed E-state index contributed by atoms with van der Waals surface area (Å²) < 4.78 is 0. The van der Waals surface area contributed by atoms with Crippen LogP contribution in [0, 0.1) is 0 Å². The van der Waals surface area contributed by atoms with Crippen LogP contribution in [0.3, 0.4) is 0 Å². The molecule has 1 unspecified atom stereocenters. The molecular weight excluding hydrogens is 293 g/mol. The number of hydrogen-bond donors (Lipinski definition) is 2. The van der Waals surface area contributed by atoms with Crippen molar-refractivity contribution >= 4 is 23.2 Å². The zero-order valence-corrected chi connectivity index (χ0v) is 12.7. The number of halogens is 2. The zero-order chi connectivity index (χ0) is 14.5. The highest BCUT2D eigenvalue weighted by molar-refractivity contribution is 6.30. The lowest BCUT2D eigenvalue weighted by Gasteiger charge is -2.15. The summed E-state index contributed by atoms with van der Waals surface area (Å²) in [5.41, 5.74) is 1.99. The third kappa shape index (κ3) is 4.41. The lowest BCUT2D eigenvalue weighted by Crippen LogP contribution is -2.27. The number of phenolic OH excluding ortho intramolecular Hbond substituents is 1. The molecule has 106 valence electrons. The molecule has 0 spiro atoms. The van der Waals surface area contributed by atoms with Gasteiger partial charge in [-0.3, -0.25) is 0 Å². The van der Waals surface area contributed by atoms with Gasteiger partial charge in [0.1, 0.15) is 5.75 Å². The van der Waals surface area contributed by atoms with Gasteiger partial charge in [-0.25, -0.2) is 0 Å². The van der Waals surface area contributed by atoms with E-state index in [1.807, 2.05) is 18.2 Å². The van der Waals surface area contributed by atoms with Gasteiger partial charge in [-0.1, -0.05) is 35.3 Å². The van der Waals surface area contributed by atoms with Gasteiger partial charge in [0.15, 0.2) is 0 Å². The van der Waals surface area contributed by atoms with Crippen molar-refractivity contribution in [3.63, 3.8) is 0 Å². The lowest BCUT2D eigenvalue weighted by molar-refractivity contribution is 0.458. The van der Waals surface area contributed by atoms with Gasteiger partial charge in [0.05, 0.1) is 0 Å². The molecule has 2 aromatic rings. The Bertz CT molecular complexity index is 586. The van der Waals surface area contributed by atoms with E-state index in [4.69, 9.17) is 23.2 Å². The Morgan fingerprint density at radius 3 is 2.60 bits per heavy atom. The summed E-state index contributed by atoms with van der Waals surface area (Å²) in [6.07, 6.45) is 0.877. The van der Waals surface area contributed by atoms with Gasteiger partial charge >= 0.3 is 0 Å². The van der Waals surface area contributed by atoms with E-state index in [-0.39, 0.29) is 11.8 Å². The summed E-state index contributed by atoms with van der Waals surface area (Å²) in [5, 5.41) is 14.5. The van der Waals surface area contributed by atoms with Crippen LogP contribution in [0.2, 0.25) is 10.0 Å². The van der Waals surface area contributed by atoms with E-state index in [2.05, 4.69) is 18.3 Å². The molecule has 0 amide bonds. The first kappa shape index (κ1) is 15.2. The Morgan fingerprint density at radius 2 is 1.85 bits per heavy atom. The molecular formula is C16H17Cl2NO. The average Bonchev–Trinajstić information content (AvgIpc) is 2.40. The van der Waals surface area contributed by atoms with E-state index in [1.165, 1.54) is 5.56 Å². The number of nitrogens with one attached hydrogen (secondary N) is 1. The monoisotopic (exact) mass is 309 g/mol. The molecule has 2 nitrogen and oxygen atoms in total. The van der Waals surface area contributed by atoms with Gasteiger partial charge in [-0.15, -0.1) is 0 Å². The molecule has 20 heavy (non-hydrogen) atoms. The molecule has 0 bridgehead atoms. The molecule has 0 radical (unpaired) electrons. The van der Waals surface area contributed by atoms with Crippen molar-refractivity contribution in [3.8, 4) is 5.75 Å². The summed E-state index contributed by atoms with van der Waals surface area (Å²) >= 11 is 11.9. The molecule has 2 aromatic carbocycles. The van der Waals surface area contributed by atoms with Crippen LogP contribution in [0.5, 0.6) is 5.75 Å². The van der Waals surface area contributed by atoms with E-state index in [0.717, 1.165) is 17.0 Å². The highest BCUT2D eigenvalue weighted by Crippen LogP contribution is 2.21. The van der Waals surface area contributed by atoms with Crippen LogP contribution in [-0.4, -0.2) is 11.1 Å². The van der Waals surface area contributed by atoms with Crippen molar-refractivity contribution in [2.45, 2.75) is 25.9 Å². The Balaban J connectivity index is 1.92. The molecule has 0 aliphatic heterocycles. The Kier molecular flexibility index (Phi) is 5.30. The van der Waals surface area contributed by atoms with Gasteiger partial charge in [-0.2, -0.15) is 0 Å². The second kappa shape index (κ2) is 6.98. The number of rotatable bonds is 5. The Morgan fingerprint density at radius 1 is 1.10 bits per heavy atom. The Hall–Kier alpha value is -1.22. The van der Waals surface area contributed by atoms with Crippen molar-refractivity contribution in [3.05, 3.63) is 63.6 Å². The molecule has 2 rings (SSSR count).